The Morgan fingerprint density at radius 3 is 2.47 bits per heavy atom. The number of benzene rings is 3. The average molecular weight is 489 g/mol. The van der Waals surface area contributed by atoms with Crippen molar-refractivity contribution < 1.29 is 19.0 Å². The first-order chi connectivity index (χ1) is 17.6. The van der Waals surface area contributed by atoms with E-state index in [4.69, 9.17) is 19.2 Å². The van der Waals surface area contributed by atoms with Gasteiger partial charge >= 0.3 is 0 Å². The zero-order valence-electron chi connectivity index (χ0n) is 20.3. The van der Waals surface area contributed by atoms with E-state index >= 15 is 0 Å². The second-order valence-corrected chi connectivity index (χ2v) is 8.64. The third-order valence-electron chi connectivity index (χ3n) is 6.34. The summed E-state index contributed by atoms with van der Waals surface area (Å²) >= 11 is 0. The molecule has 9 heteroatoms. The van der Waals surface area contributed by atoms with Gasteiger partial charge in [-0.3, -0.25) is 19.1 Å². The Balaban J connectivity index is 1.50. The van der Waals surface area contributed by atoms with Crippen LogP contribution in [0.5, 0.6) is 11.5 Å². The molecule has 0 atom stereocenters. The Morgan fingerprint density at radius 1 is 1.00 bits per heavy atom. The molecular formula is C27H28N4O5. The van der Waals surface area contributed by atoms with Crippen molar-refractivity contribution in [3.05, 3.63) is 70.8 Å². The lowest BCUT2D eigenvalue weighted by atomic mass is 10.1. The van der Waals surface area contributed by atoms with Gasteiger partial charge in [0.05, 0.1) is 44.9 Å². The maximum absolute atomic E-state index is 13.6. The van der Waals surface area contributed by atoms with E-state index in [1.54, 1.807) is 12.1 Å². The molecule has 3 aromatic carbocycles. The summed E-state index contributed by atoms with van der Waals surface area (Å²) in [4.78, 5) is 33.7. The summed E-state index contributed by atoms with van der Waals surface area (Å²) < 4.78 is 17.7. The van der Waals surface area contributed by atoms with E-state index in [9.17, 15) is 9.59 Å². The van der Waals surface area contributed by atoms with Gasteiger partial charge in [-0.15, -0.1) is 0 Å². The monoisotopic (exact) mass is 488 g/mol. The third kappa shape index (κ3) is 4.89. The summed E-state index contributed by atoms with van der Waals surface area (Å²) in [6, 6.07) is 17.0. The first-order valence-corrected chi connectivity index (χ1v) is 11.8. The molecule has 5 rings (SSSR count). The number of aromatic nitrogens is 2. The Morgan fingerprint density at radius 2 is 1.72 bits per heavy atom. The first-order valence-electron chi connectivity index (χ1n) is 11.8. The molecule has 0 spiro atoms. The predicted octanol–water partition coefficient (Wildman–Crippen LogP) is 3.04. The fourth-order valence-electron chi connectivity index (χ4n) is 4.45. The van der Waals surface area contributed by atoms with Crippen LogP contribution in [0, 0.1) is 0 Å². The van der Waals surface area contributed by atoms with Crippen LogP contribution in [-0.4, -0.2) is 60.9 Å². The van der Waals surface area contributed by atoms with Crippen molar-refractivity contribution in [2.24, 2.45) is 0 Å². The minimum absolute atomic E-state index is 0.164. The number of anilines is 1. The van der Waals surface area contributed by atoms with Gasteiger partial charge in [-0.25, -0.2) is 4.98 Å². The molecule has 36 heavy (non-hydrogen) atoms. The second kappa shape index (κ2) is 10.3. The lowest BCUT2D eigenvalue weighted by Crippen LogP contribution is -2.39. The number of nitrogens with zero attached hydrogens (tertiary/aromatic N) is 3. The van der Waals surface area contributed by atoms with E-state index < -0.39 is 0 Å². The molecule has 1 N–H and O–H groups in total. The molecule has 1 saturated heterocycles. The molecule has 1 aliphatic heterocycles. The van der Waals surface area contributed by atoms with Crippen LogP contribution in [0.4, 0.5) is 5.69 Å². The zero-order valence-corrected chi connectivity index (χ0v) is 20.3. The molecule has 9 nitrogen and oxygen atoms in total. The summed E-state index contributed by atoms with van der Waals surface area (Å²) in [5.41, 5.74) is 0.853. The number of methoxy groups -OCH3 is 2. The van der Waals surface area contributed by atoms with E-state index in [1.807, 2.05) is 42.5 Å². The van der Waals surface area contributed by atoms with E-state index in [-0.39, 0.29) is 18.0 Å². The molecule has 0 radical (unpaired) electrons. The molecule has 0 bridgehead atoms. The molecule has 2 heterocycles. The van der Waals surface area contributed by atoms with E-state index in [1.165, 1.54) is 18.8 Å². The Labute approximate surface area is 208 Å². The topological polar surface area (TPSA) is 94.9 Å². The highest BCUT2D eigenvalue weighted by molar-refractivity contribution is 5.94. The quantitative estimate of drug-likeness (QED) is 0.427. The van der Waals surface area contributed by atoms with Gasteiger partial charge in [0.15, 0.2) is 11.5 Å². The van der Waals surface area contributed by atoms with Crippen molar-refractivity contribution in [3.63, 3.8) is 0 Å². The van der Waals surface area contributed by atoms with Crippen LogP contribution in [0.25, 0.3) is 21.7 Å². The molecule has 0 unspecified atom stereocenters. The highest BCUT2D eigenvalue weighted by atomic mass is 16.5. The minimum atomic E-state index is -0.308. The molecule has 186 valence electrons. The van der Waals surface area contributed by atoms with Crippen LogP contribution >= 0.6 is 0 Å². The summed E-state index contributed by atoms with van der Waals surface area (Å²) in [5, 5.41) is 5.39. The van der Waals surface area contributed by atoms with Crippen molar-refractivity contribution >= 4 is 33.3 Å². The standard InChI is InChI=1S/C27H28N4O5/c1-34-23-14-21-22(15-24(23)35-2)29-25(16-30-9-11-36-12-10-30)31(27(21)33)17-26(32)28-20-8-7-18-5-3-4-6-19(18)13-20/h3-8,13-15H,9-12,16-17H2,1-2H3,(H,28,32). The molecule has 4 aromatic rings. The van der Waals surface area contributed by atoms with Crippen LogP contribution in [0.15, 0.2) is 59.4 Å². The van der Waals surface area contributed by atoms with Gasteiger partial charge in [-0.05, 0) is 29.0 Å². The highest BCUT2D eigenvalue weighted by Crippen LogP contribution is 2.30. The SMILES string of the molecule is COc1cc2nc(CN3CCOCC3)n(CC(=O)Nc3ccc4ccccc4c3)c(=O)c2cc1OC. The number of carbonyl (C=O) groups is 1. The fraction of sp³-hybridized carbons (Fsp3) is 0.296. The Hall–Kier alpha value is -3.95. The maximum atomic E-state index is 13.6. The number of fused-ring (bicyclic) bond motifs is 2. The number of hydrogen-bond acceptors (Lipinski definition) is 7. The maximum Gasteiger partial charge on any atom is 0.262 e. The number of hydrogen-bond donors (Lipinski definition) is 1. The number of carbonyl (C=O) groups excluding carboxylic acids is 1. The van der Waals surface area contributed by atoms with E-state index in [0.717, 1.165) is 23.9 Å². The first kappa shape index (κ1) is 23.8. The summed E-state index contributed by atoms with van der Waals surface area (Å²) in [5.74, 6) is 1.12. The van der Waals surface area contributed by atoms with Crippen LogP contribution < -0.4 is 20.3 Å². The largest absolute Gasteiger partial charge is 0.493 e. The number of morpholine rings is 1. The van der Waals surface area contributed by atoms with E-state index in [2.05, 4.69) is 10.2 Å². The molecule has 0 aliphatic carbocycles. The summed E-state index contributed by atoms with van der Waals surface area (Å²) in [6.07, 6.45) is 0. The number of amides is 1. The molecule has 1 aromatic heterocycles. The molecular weight excluding hydrogens is 460 g/mol. The van der Waals surface area contributed by atoms with Crippen molar-refractivity contribution in [1.82, 2.24) is 14.5 Å². The van der Waals surface area contributed by atoms with Crippen molar-refractivity contribution in [2.75, 3.05) is 45.8 Å². The van der Waals surface area contributed by atoms with Gasteiger partial charge in [-0.2, -0.15) is 0 Å². The molecule has 1 amide bonds. The van der Waals surface area contributed by atoms with Crippen molar-refractivity contribution in [2.45, 2.75) is 13.1 Å². The molecule has 1 aliphatic rings. The summed E-state index contributed by atoms with van der Waals surface area (Å²) in [6.45, 7) is 2.94. The van der Waals surface area contributed by atoms with Crippen LogP contribution in [0.1, 0.15) is 5.82 Å². The number of nitrogens with one attached hydrogen (secondary N) is 1. The van der Waals surface area contributed by atoms with Gasteiger partial charge in [0.1, 0.15) is 12.4 Å². The summed E-state index contributed by atoms with van der Waals surface area (Å²) in [7, 11) is 3.05. The number of rotatable bonds is 7. The van der Waals surface area contributed by atoms with Crippen molar-refractivity contribution in [1.29, 1.82) is 0 Å². The Kier molecular flexibility index (Phi) is 6.84. The highest BCUT2D eigenvalue weighted by Gasteiger charge is 2.20. The van der Waals surface area contributed by atoms with Gasteiger partial charge < -0.3 is 19.5 Å². The van der Waals surface area contributed by atoms with Gasteiger partial charge in [0.2, 0.25) is 5.91 Å². The van der Waals surface area contributed by atoms with Gasteiger partial charge in [-0.1, -0.05) is 30.3 Å². The molecule has 0 saturated carbocycles. The lowest BCUT2D eigenvalue weighted by Gasteiger charge is -2.27. The van der Waals surface area contributed by atoms with Gasteiger partial charge in [0, 0.05) is 24.8 Å². The smallest absolute Gasteiger partial charge is 0.262 e. The fourth-order valence-corrected chi connectivity index (χ4v) is 4.45. The van der Waals surface area contributed by atoms with Crippen LogP contribution in [0.3, 0.4) is 0 Å². The van der Waals surface area contributed by atoms with E-state index in [0.29, 0.717) is 53.7 Å². The molecule has 1 fully saturated rings. The minimum Gasteiger partial charge on any atom is -0.493 e. The normalized spacial score (nSPS) is 14.2. The third-order valence-corrected chi connectivity index (χ3v) is 6.34. The second-order valence-electron chi connectivity index (χ2n) is 8.64. The predicted molar refractivity (Wildman–Crippen MR) is 138 cm³/mol. The van der Waals surface area contributed by atoms with Crippen LogP contribution in [0.2, 0.25) is 0 Å². The Bertz CT molecular complexity index is 1480. The zero-order chi connectivity index (χ0) is 25.1. The van der Waals surface area contributed by atoms with Crippen molar-refractivity contribution in [3.8, 4) is 11.5 Å². The lowest BCUT2D eigenvalue weighted by molar-refractivity contribution is -0.116. The van der Waals surface area contributed by atoms with Crippen LogP contribution in [-0.2, 0) is 22.6 Å². The van der Waals surface area contributed by atoms with Gasteiger partial charge in [0.25, 0.3) is 5.56 Å². The average Bonchev–Trinajstić information content (AvgIpc) is 2.90. The number of ether oxygens (including phenoxy) is 3.